The molecule has 1 heterocycles. The maximum Gasteiger partial charge on any atom is 0.269 e. The second-order valence-electron chi connectivity index (χ2n) is 8.21. The number of non-ortho nitro benzene ring substituents is 1. The Kier molecular flexibility index (Phi) is 6.73. The maximum atomic E-state index is 11.7. The lowest BCUT2D eigenvalue weighted by Crippen LogP contribution is -2.45. The Hall–Kier alpha value is -1.51. The van der Waals surface area contributed by atoms with Crippen LogP contribution in [-0.2, 0) is 22.9 Å². The molecule has 0 saturated carbocycles. The summed E-state index contributed by atoms with van der Waals surface area (Å²) in [5.41, 5.74) is 2.52. The average Bonchev–Trinajstić information content (AvgIpc) is 2.66. The van der Waals surface area contributed by atoms with Crippen molar-refractivity contribution in [2.45, 2.75) is 51.5 Å². The van der Waals surface area contributed by atoms with Crippen LogP contribution < -0.4 is 0 Å². The highest BCUT2D eigenvalue weighted by atomic mass is 32.2. The molecule has 0 amide bonds. The summed E-state index contributed by atoms with van der Waals surface area (Å²) in [6.07, 6.45) is 7.07. The quantitative estimate of drug-likeness (QED) is 0.511. The van der Waals surface area contributed by atoms with Crippen LogP contribution in [-0.4, -0.2) is 61.0 Å². The molecular formula is C20H31N3O4S. The molecule has 0 spiro atoms. The van der Waals surface area contributed by atoms with Crippen molar-refractivity contribution in [3.63, 3.8) is 0 Å². The van der Waals surface area contributed by atoms with Crippen LogP contribution in [0.1, 0.15) is 43.7 Å². The summed E-state index contributed by atoms with van der Waals surface area (Å²) >= 11 is 0. The molecular weight excluding hydrogens is 378 g/mol. The SMILES string of the molecule is CCCN(CC1CCN(S(C)(=O)=O)CC1)C1CCc2ccc([N+](=O)[O-])cc2C1. The van der Waals surface area contributed by atoms with Crippen molar-refractivity contribution in [1.29, 1.82) is 0 Å². The second-order valence-corrected chi connectivity index (χ2v) is 10.2. The molecule has 7 nitrogen and oxygen atoms in total. The van der Waals surface area contributed by atoms with Gasteiger partial charge in [-0.1, -0.05) is 13.0 Å². The predicted octanol–water partition coefficient (Wildman–Crippen LogP) is 2.84. The monoisotopic (exact) mass is 409 g/mol. The molecule has 1 aliphatic heterocycles. The summed E-state index contributed by atoms with van der Waals surface area (Å²) in [7, 11) is -3.09. The van der Waals surface area contributed by atoms with Gasteiger partial charge in [0.05, 0.1) is 11.2 Å². The highest BCUT2D eigenvalue weighted by molar-refractivity contribution is 7.88. The number of hydrogen-bond donors (Lipinski definition) is 0. The van der Waals surface area contributed by atoms with Gasteiger partial charge in [-0.25, -0.2) is 12.7 Å². The number of hydrogen-bond acceptors (Lipinski definition) is 5. The Morgan fingerprint density at radius 1 is 1.21 bits per heavy atom. The molecule has 1 aliphatic carbocycles. The summed E-state index contributed by atoms with van der Waals surface area (Å²) in [6.45, 7) is 5.41. The highest BCUT2D eigenvalue weighted by Gasteiger charge is 2.30. The van der Waals surface area contributed by atoms with Crippen LogP contribution in [0.5, 0.6) is 0 Å². The summed E-state index contributed by atoms with van der Waals surface area (Å²) in [4.78, 5) is 13.3. The van der Waals surface area contributed by atoms with Crippen LogP contribution in [0.3, 0.4) is 0 Å². The van der Waals surface area contributed by atoms with E-state index in [2.05, 4.69) is 11.8 Å². The van der Waals surface area contributed by atoms with Gasteiger partial charge >= 0.3 is 0 Å². The molecule has 2 aliphatic rings. The van der Waals surface area contributed by atoms with Gasteiger partial charge in [0.25, 0.3) is 5.69 Å². The van der Waals surface area contributed by atoms with Crippen molar-refractivity contribution in [3.05, 3.63) is 39.4 Å². The molecule has 3 rings (SSSR count). The zero-order valence-corrected chi connectivity index (χ0v) is 17.7. The van der Waals surface area contributed by atoms with Crippen LogP contribution in [0.4, 0.5) is 5.69 Å². The van der Waals surface area contributed by atoms with E-state index in [1.54, 1.807) is 16.4 Å². The van der Waals surface area contributed by atoms with E-state index in [1.165, 1.54) is 11.8 Å². The van der Waals surface area contributed by atoms with E-state index in [1.807, 2.05) is 6.07 Å². The van der Waals surface area contributed by atoms with Crippen molar-refractivity contribution in [2.75, 3.05) is 32.4 Å². The van der Waals surface area contributed by atoms with Crippen molar-refractivity contribution in [1.82, 2.24) is 9.21 Å². The van der Waals surface area contributed by atoms with Crippen LogP contribution in [0.15, 0.2) is 18.2 Å². The van der Waals surface area contributed by atoms with Gasteiger partial charge in [0.2, 0.25) is 10.0 Å². The fraction of sp³-hybridized carbons (Fsp3) is 0.700. The lowest BCUT2D eigenvalue weighted by atomic mass is 9.86. The first-order valence-corrected chi connectivity index (χ1v) is 12.1. The standard InChI is InChI=1S/C20H31N3O4S/c1-3-10-21(15-16-8-11-22(12-9-16)28(2,26)27)19-6-4-17-5-7-20(23(24)25)14-18(17)13-19/h5,7,14,16,19H,3-4,6,8-13,15H2,1-2H3. The fourth-order valence-corrected chi connectivity index (χ4v) is 5.49. The summed E-state index contributed by atoms with van der Waals surface area (Å²) < 4.78 is 25.0. The zero-order chi connectivity index (χ0) is 20.3. The molecule has 1 aromatic rings. The van der Waals surface area contributed by atoms with Gasteiger partial charge in [-0.2, -0.15) is 0 Å². The molecule has 0 bridgehead atoms. The van der Waals surface area contributed by atoms with Crippen molar-refractivity contribution in [3.8, 4) is 0 Å². The maximum absolute atomic E-state index is 11.7. The fourth-order valence-electron chi connectivity index (χ4n) is 4.61. The molecule has 0 radical (unpaired) electrons. The molecule has 1 unspecified atom stereocenters. The topological polar surface area (TPSA) is 83.8 Å². The van der Waals surface area contributed by atoms with Crippen LogP contribution in [0.25, 0.3) is 0 Å². The number of sulfonamides is 1. The highest BCUT2D eigenvalue weighted by Crippen LogP contribution is 2.29. The van der Waals surface area contributed by atoms with Crippen molar-refractivity contribution >= 4 is 15.7 Å². The molecule has 0 N–H and O–H groups in total. The Labute approximate surface area is 167 Å². The lowest BCUT2D eigenvalue weighted by Gasteiger charge is -2.39. The van der Waals surface area contributed by atoms with Crippen LogP contribution >= 0.6 is 0 Å². The molecule has 1 aromatic carbocycles. The number of nitro groups is 1. The molecule has 1 atom stereocenters. The predicted molar refractivity (Wildman–Crippen MR) is 110 cm³/mol. The summed E-state index contributed by atoms with van der Waals surface area (Å²) in [5.74, 6) is 0.510. The number of rotatable bonds is 7. The second kappa shape index (κ2) is 8.88. The van der Waals surface area contributed by atoms with Gasteiger partial charge in [0, 0.05) is 37.8 Å². The van der Waals surface area contributed by atoms with Gasteiger partial charge in [-0.3, -0.25) is 15.0 Å². The largest absolute Gasteiger partial charge is 0.300 e. The molecule has 1 fully saturated rings. The van der Waals surface area contributed by atoms with Gasteiger partial charge in [-0.15, -0.1) is 0 Å². The molecule has 0 aromatic heterocycles. The van der Waals surface area contributed by atoms with Crippen molar-refractivity contribution in [2.24, 2.45) is 5.92 Å². The number of benzene rings is 1. The van der Waals surface area contributed by atoms with Crippen LogP contribution in [0.2, 0.25) is 0 Å². The molecule has 1 saturated heterocycles. The number of nitro benzene ring substituents is 1. The molecule has 8 heteroatoms. The first-order valence-electron chi connectivity index (χ1n) is 10.2. The third kappa shape index (κ3) is 5.10. The van der Waals surface area contributed by atoms with Crippen LogP contribution in [0, 0.1) is 16.0 Å². The van der Waals surface area contributed by atoms with Crippen molar-refractivity contribution < 1.29 is 13.3 Å². The Bertz CT molecular complexity index is 804. The minimum absolute atomic E-state index is 0.176. The Morgan fingerprint density at radius 2 is 1.93 bits per heavy atom. The first-order chi connectivity index (χ1) is 13.3. The molecule has 28 heavy (non-hydrogen) atoms. The normalized spacial score (nSPS) is 21.6. The number of piperidine rings is 1. The van der Waals surface area contributed by atoms with E-state index in [4.69, 9.17) is 0 Å². The van der Waals surface area contributed by atoms with E-state index in [0.29, 0.717) is 25.0 Å². The minimum Gasteiger partial charge on any atom is -0.300 e. The Morgan fingerprint density at radius 3 is 2.54 bits per heavy atom. The van der Waals surface area contributed by atoms with Gasteiger partial charge in [0.1, 0.15) is 0 Å². The third-order valence-corrected chi connectivity index (χ3v) is 7.47. The van der Waals surface area contributed by atoms with Gasteiger partial charge in [0.15, 0.2) is 0 Å². The van der Waals surface area contributed by atoms with E-state index in [9.17, 15) is 18.5 Å². The number of fused-ring (bicyclic) bond motifs is 1. The third-order valence-electron chi connectivity index (χ3n) is 6.17. The lowest BCUT2D eigenvalue weighted by molar-refractivity contribution is -0.384. The Balaban J connectivity index is 1.65. The number of aryl methyl sites for hydroxylation is 1. The zero-order valence-electron chi connectivity index (χ0n) is 16.8. The van der Waals surface area contributed by atoms with E-state index in [0.717, 1.165) is 57.2 Å². The van der Waals surface area contributed by atoms with Gasteiger partial charge < -0.3 is 0 Å². The molecule has 156 valence electrons. The summed E-state index contributed by atoms with van der Waals surface area (Å²) in [5, 5.41) is 11.1. The van der Waals surface area contributed by atoms with E-state index in [-0.39, 0.29) is 10.6 Å². The summed E-state index contributed by atoms with van der Waals surface area (Å²) in [6, 6.07) is 5.67. The van der Waals surface area contributed by atoms with E-state index < -0.39 is 10.0 Å². The average molecular weight is 410 g/mol. The smallest absolute Gasteiger partial charge is 0.269 e. The first kappa shape index (κ1) is 21.2. The van der Waals surface area contributed by atoms with Gasteiger partial charge in [-0.05, 0) is 62.1 Å². The van der Waals surface area contributed by atoms with E-state index >= 15 is 0 Å². The minimum atomic E-state index is -3.09. The number of nitrogens with zero attached hydrogens (tertiary/aromatic N) is 3.